The molecular formula is C12H21N5S2. The van der Waals surface area contributed by atoms with Crippen molar-refractivity contribution in [2.45, 2.75) is 18.6 Å². The number of nitrogens with one attached hydrogen (secondary N) is 2. The lowest BCUT2D eigenvalue weighted by atomic mass is 10.4. The number of nitrogen functional groups attached to an aromatic ring is 1. The van der Waals surface area contributed by atoms with Gasteiger partial charge in [-0.05, 0) is 6.42 Å². The van der Waals surface area contributed by atoms with E-state index in [9.17, 15) is 0 Å². The van der Waals surface area contributed by atoms with Crippen LogP contribution >= 0.6 is 23.5 Å². The Labute approximate surface area is 122 Å². The van der Waals surface area contributed by atoms with Gasteiger partial charge in [0, 0.05) is 41.7 Å². The first-order valence-corrected chi connectivity index (χ1v) is 8.80. The summed E-state index contributed by atoms with van der Waals surface area (Å²) < 4.78 is 0. The molecule has 1 aliphatic rings. The highest BCUT2D eigenvalue weighted by Crippen LogP contribution is 2.24. The van der Waals surface area contributed by atoms with Crippen LogP contribution in [0, 0.1) is 0 Å². The quantitative estimate of drug-likeness (QED) is 0.743. The Bertz CT molecular complexity index is 396. The Morgan fingerprint density at radius 3 is 2.79 bits per heavy atom. The molecule has 7 heteroatoms. The number of anilines is 3. The van der Waals surface area contributed by atoms with E-state index in [4.69, 9.17) is 5.73 Å². The van der Waals surface area contributed by atoms with Crippen molar-refractivity contribution in [1.82, 2.24) is 9.97 Å². The van der Waals surface area contributed by atoms with Crippen LogP contribution in [0.3, 0.4) is 0 Å². The van der Waals surface area contributed by atoms with Crippen LogP contribution in [0.15, 0.2) is 6.07 Å². The molecule has 0 radical (unpaired) electrons. The van der Waals surface area contributed by atoms with Gasteiger partial charge >= 0.3 is 0 Å². The van der Waals surface area contributed by atoms with Crippen LogP contribution in [0.5, 0.6) is 0 Å². The lowest BCUT2D eigenvalue weighted by Gasteiger charge is -2.21. The first-order valence-electron chi connectivity index (χ1n) is 6.59. The van der Waals surface area contributed by atoms with Crippen molar-refractivity contribution in [3.63, 3.8) is 0 Å². The topological polar surface area (TPSA) is 75.9 Å². The summed E-state index contributed by atoms with van der Waals surface area (Å²) in [4.78, 5) is 8.40. The van der Waals surface area contributed by atoms with Crippen LogP contribution in [-0.2, 0) is 0 Å². The minimum atomic E-state index is 0.314. The zero-order chi connectivity index (χ0) is 13.5. The minimum Gasteiger partial charge on any atom is -0.370 e. The third kappa shape index (κ3) is 4.99. The van der Waals surface area contributed by atoms with E-state index in [0.29, 0.717) is 11.2 Å². The van der Waals surface area contributed by atoms with Gasteiger partial charge < -0.3 is 16.4 Å². The van der Waals surface area contributed by atoms with Gasteiger partial charge in [0.25, 0.3) is 0 Å². The van der Waals surface area contributed by atoms with Crippen molar-refractivity contribution in [1.29, 1.82) is 0 Å². The first-order chi connectivity index (χ1) is 9.28. The second-order valence-electron chi connectivity index (χ2n) is 4.37. The molecule has 1 saturated heterocycles. The SMILES string of the molecule is CCCNc1cc(NCC2CSCCS2)nc(N)n1. The molecule has 0 spiro atoms. The summed E-state index contributed by atoms with van der Waals surface area (Å²) in [5.74, 6) is 5.64. The van der Waals surface area contributed by atoms with Gasteiger partial charge in [-0.15, -0.1) is 0 Å². The summed E-state index contributed by atoms with van der Waals surface area (Å²) in [6, 6.07) is 1.92. The number of hydrogen-bond acceptors (Lipinski definition) is 7. The van der Waals surface area contributed by atoms with Crippen molar-refractivity contribution in [2.24, 2.45) is 0 Å². The molecule has 1 fully saturated rings. The van der Waals surface area contributed by atoms with Crippen molar-refractivity contribution < 1.29 is 0 Å². The largest absolute Gasteiger partial charge is 0.370 e. The fourth-order valence-corrected chi connectivity index (χ4v) is 4.38. The maximum Gasteiger partial charge on any atom is 0.223 e. The number of nitrogens with two attached hydrogens (primary N) is 1. The van der Waals surface area contributed by atoms with E-state index in [1.807, 2.05) is 29.6 Å². The minimum absolute atomic E-state index is 0.314. The van der Waals surface area contributed by atoms with Crippen molar-refractivity contribution in [2.75, 3.05) is 46.7 Å². The predicted octanol–water partition coefficient (Wildman–Crippen LogP) is 2.14. The lowest BCUT2D eigenvalue weighted by Crippen LogP contribution is -2.23. The average Bonchev–Trinajstić information content (AvgIpc) is 2.43. The van der Waals surface area contributed by atoms with E-state index >= 15 is 0 Å². The first kappa shape index (κ1) is 14.6. The summed E-state index contributed by atoms with van der Waals surface area (Å²) >= 11 is 4.06. The van der Waals surface area contributed by atoms with Crippen molar-refractivity contribution >= 4 is 41.1 Å². The highest BCUT2D eigenvalue weighted by Gasteiger charge is 2.14. The molecule has 1 aliphatic heterocycles. The van der Waals surface area contributed by atoms with Gasteiger partial charge in [-0.1, -0.05) is 6.92 Å². The Balaban J connectivity index is 1.89. The number of rotatable bonds is 6. The van der Waals surface area contributed by atoms with E-state index in [-0.39, 0.29) is 0 Å². The van der Waals surface area contributed by atoms with E-state index in [1.54, 1.807) is 0 Å². The number of hydrogen-bond donors (Lipinski definition) is 3. The molecule has 0 aliphatic carbocycles. The zero-order valence-corrected chi connectivity index (χ0v) is 12.8. The second kappa shape index (κ2) is 7.69. The maximum atomic E-state index is 5.73. The fraction of sp³-hybridized carbons (Fsp3) is 0.667. The molecule has 19 heavy (non-hydrogen) atoms. The molecule has 1 aromatic heterocycles. The highest BCUT2D eigenvalue weighted by atomic mass is 32.2. The molecule has 106 valence electrons. The number of thioether (sulfide) groups is 2. The van der Waals surface area contributed by atoms with Crippen LogP contribution < -0.4 is 16.4 Å². The van der Waals surface area contributed by atoms with Gasteiger partial charge in [0.05, 0.1) is 0 Å². The highest BCUT2D eigenvalue weighted by molar-refractivity contribution is 8.06. The van der Waals surface area contributed by atoms with Crippen LogP contribution in [0.1, 0.15) is 13.3 Å². The Kier molecular flexibility index (Phi) is 5.91. The van der Waals surface area contributed by atoms with E-state index in [2.05, 4.69) is 27.5 Å². The van der Waals surface area contributed by atoms with Crippen LogP contribution in [0.25, 0.3) is 0 Å². The summed E-state index contributed by atoms with van der Waals surface area (Å²) in [6.45, 7) is 3.95. The van der Waals surface area contributed by atoms with Gasteiger partial charge in [0.1, 0.15) is 11.6 Å². The fourth-order valence-electron chi connectivity index (χ4n) is 1.77. The molecule has 0 amide bonds. The van der Waals surface area contributed by atoms with Crippen LogP contribution in [0.2, 0.25) is 0 Å². The predicted molar refractivity (Wildman–Crippen MR) is 87.3 cm³/mol. The standard InChI is InChI=1S/C12H21N5S2/c1-2-3-14-10-6-11(17-12(13)16-10)15-7-9-8-18-4-5-19-9/h6,9H,2-5,7-8H2,1H3,(H4,13,14,15,16,17). The van der Waals surface area contributed by atoms with Gasteiger partial charge in [-0.3, -0.25) is 0 Å². The van der Waals surface area contributed by atoms with Crippen molar-refractivity contribution in [3.05, 3.63) is 6.07 Å². The number of aromatic nitrogens is 2. The molecule has 4 N–H and O–H groups in total. The zero-order valence-electron chi connectivity index (χ0n) is 11.2. The third-order valence-electron chi connectivity index (χ3n) is 2.70. The molecule has 1 aromatic rings. The van der Waals surface area contributed by atoms with Gasteiger partial charge in [0.2, 0.25) is 5.95 Å². The molecule has 0 aromatic carbocycles. The summed E-state index contributed by atoms with van der Waals surface area (Å²) in [6.07, 6.45) is 1.06. The van der Waals surface area contributed by atoms with Gasteiger partial charge in [-0.25, -0.2) is 0 Å². The number of nitrogens with zero attached hydrogens (tertiary/aromatic N) is 2. The Morgan fingerprint density at radius 1 is 1.32 bits per heavy atom. The van der Waals surface area contributed by atoms with E-state index in [1.165, 1.54) is 17.3 Å². The lowest BCUT2D eigenvalue weighted by molar-refractivity contribution is 0.961. The summed E-state index contributed by atoms with van der Waals surface area (Å²) in [5.41, 5.74) is 5.73. The molecular weight excluding hydrogens is 278 g/mol. The smallest absolute Gasteiger partial charge is 0.223 e. The molecule has 1 unspecified atom stereocenters. The Morgan fingerprint density at radius 2 is 2.11 bits per heavy atom. The van der Waals surface area contributed by atoms with Gasteiger partial charge in [-0.2, -0.15) is 33.5 Å². The summed E-state index contributed by atoms with van der Waals surface area (Å²) in [5, 5.41) is 7.25. The Hall–Kier alpha value is -0.820. The molecule has 1 atom stereocenters. The normalized spacial score (nSPS) is 19.1. The maximum absolute atomic E-state index is 5.73. The summed E-state index contributed by atoms with van der Waals surface area (Å²) in [7, 11) is 0. The third-order valence-corrected chi connectivity index (χ3v) is 5.54. The average molecular weight is 299 g/mol. The van der Waals surface area contributed by atoms with Crippen LogP contribution in [-0.4, -0.2) is 45.6 Å². The monoisotopic (exact) mass is 299 g/mol. The van der Waals surface area contributed by atoms with Crippen LogP contribution in [0.4, 0.5) is 17.6 Å². The molecule has 0 saturated carbocycles. The van der Waals surface area contributed by atoms with Crippen molar-refractivity contribution in [3.8, 4) is 0 Å². The van der Waals surface area contributed by atoms with E-state index in [0.717, 1.165) is 31.1 Å². The van der Waals surface area contributed by atoms with Gasteiger partial charge in [0.15, 0.2) is 0 Å². The molecule has 0 bridgehead atoms. The van der Waals surface area contributed by atoms with E-state index < -0.39 is 0 Å². The molecule has 2 rings (SSSR count). The second-order valence-corrected chi connectivity index (χ2v) is 6.93. The molecule has 2 heterocycles. The molecule has 5 nitrogen and oxygen atoms in total.